The molecule has 20 heavy (non-hydrogen) atoms. The summed E-state index contributed by atoms with van der Waals surface area (Å²) < 4.78 is 0. The molecule has 0 aliphatic carbocycles. The second-order valence-electron chi connectivity index (χ2n) is 5.32. The standard InChI is InChI=1S/C18H17NO/c1-11-8-9-12(2)15(10-11)18(20)17-13(3)19-16-7-5-4-6-14(16)17/h4-10,19H,1-3H3. The SMILES string of the molecule is Cc1ccc(C)c(C(=O)c2c(C)[nH]c3ccccc23)c1. The van der Waals surface area contributed by atoms with Gasteiger partial charge in [0.25, 0.3) is 0 Å². The number of hydrogen-bond donors (Lipinski definition) is 1. The van der Waals surface area contributed by atoms with E-state index in [0.29, 0.717) is 0 Å². The molecule has 2 nitrogen and oxygen atoms in total. The largest absolute Gasteiger partial charge is 0.358 e. The molecule has 0 saturated heterocycles. The van der Waals surface area contributed by atoms with Gasteiger partial charge in [0, 0.05) is 22.2 Å². The molecule has 3 aromatic rings. The number of H-pyrrole nitrogens is 1. The van der Waals surface area contributed by atoms with E-state index in [0.717, 1.165) is 38.9 Å². The average Bonchev–Trinajstić information content (AvgIpc) is 2.76. The molecule has 3 rings (SSSR count). The molecule has 0 aliphatic rings. The van der Waals surface area contributed by atoms with Crippen molar-refractivity contribution in [1.29, 1.82) is 0 Å². The maximum Gasteiger partial charge on any atom is 0.195 e. The third-order valence-electron chi connectivity index (χ3n) is 3.76. The molecule has 2 aromatic carbocycles. The fourth-order valence-corrected chi connectivity index (χ4v) is 2.68. The summed E-state index contributed by atoms with van der Waals surface area (Å²) in [5, 5.41) is 0.996. The van der Waals surface area contributed by atoms with Crippen molar-refractivity contribution in [3.05, 3.63) is 70.4 Å². The predicted octanol–water partition coefficient (Wildman–Crippen LogP) is 4.32. The zero-order chi connectivity index (χ0) is 14.3. The van der Waals surface area contributed by atoms with Gasteiger partial charge in [-0.15, -0.1) is 0 Å². The van der Waals surface area contributed by atoms with E-state index in [1.54, 1.807) is 0 Å². The molecule has 0 radical (unpaired) electrons. The normalized spacial score (nSPS) is 10.9. The third kappa shape index (κ3) is 1.94. The number of ketones is 1. The van der Waals surface area contributed by atoms with Gasteiger partial charge in [0.2, 0.25) is 0 Å². The first-order valence-electron chi connectivity index (χ1n) is 6.77. The fourth-order valence-electron chi connectivity index (χ4n) is 2.68. The topological polar surface area (TPSA) is 32.9 Å². The van der Waals surface area contributed by atoms with Crippen LogP contribution in [0, 0.1) is 20.8 Å². The second kappa shape index (κ2) is 4.64. The Morgan fingerprint density at radius 1 is 1.00 bits per heavy atom. The molecule has 0 aliphatic heterocycles. The molecule has 2 heteroatoms. The number of aromatic amines is 1. The van der Waals surface area contributed by atoms with Gasteiger partial charge in [0.05, 0.1) is 5.56 Å². The zero-order valence-corrected chi connectivity index (χ0v) is 11.9. The van der Waals surface area contributed by atoms with Gasteiger partial charge < -0.3 is 4.98 Å². The average molecular weight is 263 g/mol. The van der Waals surface area contributed by atoms with Crippen LogP contribution in [0.4, 0.5) is 0 Å². The van der Waals surface area contributed by atoms with Crippen molar-refractivity contribution in [3.63, 3.8) is 0 Å². The van der Waals surface area contributed by atoms with Crippen LogP contribution in [0.5, 0.6) is 0 Å². The van der Waals surface area contributed by atoms with Crippen LogP contribution < -0.4 is 0 Å². The maximum absolute atomic E-state index is 12.9. The van der Waals surface area contributed by atoms with Crippen LogP contribution in [-0.2, 0) is 0 Å². The van der Waals surface area contributed by atoms with E-state index in [9.17, 15) is 4.79 Å². The quantitative estimate of drug-likeness (QED) is 0.686. The van der Waals surface area contributed by atoms with Gasteiger partial charge in [-0.1, -0.05) is 35.9 Å². The number of para-hydroxylation sites is 1. The minimum Gasteiger partial charge on any atom is -0.358 e. The number of fused-ring (bicyclic) bond motifs is 1. The Morgan fingerprint density at radius 3 is 2.55 bits per heavy atom. The first-order valence-corrected chi connectivity index (χ1v) is 6.77. The highest BCUT2D eigenvalue weighted by molar-refractivity contribution is 6.18. The maximum atomic E-state index is 12.9. The van der Waals surface area contributed by atoms with Gasteiger partial charge in [-0.25, -0.2) is 0 Å². The Bertz CT molecular complexity index is 811. The molecule has 0 spiro atoms. The first kappa shape index (κ1) is 12.7. The second-order valence-corrected chi connectivity index (χ2v) is 5.32. The number of benzene rings is 2. The summed E-state index contributed by atoms with van der Waals surface area (Å²) in [6.07, 6.45) is 0. The molecule has 0 amide bonds. The number of rotatable bonds is 2. The summed E-state index contributed by atoms with van der Waals surface area (Å²) in [6, 6.07) is 14.0. The van der Waals surface area contributed by atoms with Crippen molar-refractivity contribution in [3.8, 4) is 0 Å². The Morgan fingerprint density at radius 2 is 1.75 bits per heavy atom. The third-order valence-corrected chi connectivity index (χ3v) is 3.76. The Hall–Kier alpha value is -2.35. The van der Waals surface area contributed by atoms with Crippen molar-refractivity contribution >= 4 is 16.7 Å². The van der Waals surface area contributed by atoms with Crippen LogP contribution in [0.2, 0.25) is 0 Å². The molecule has 1 N–H and O–H groups in total. The van der Waals surface area contributed by atoms with Gasteiger partial charge in [-0.2, -0.15) is 0 Å². The number of carbonyl (C=O) groups is 1. The molecule has 0 saturated carbocycles. The first-order chi connectivity index (χ1) is 9.58. The van der Waals surface area contributed by atoms with Crippen LogP contribution >= 0.6 is 0 Å². The van der Waals surface area contributed by atoms with E-state index in [2.05, 4.69) is 4.98 Å². The van der Waals surface area contributed by atoms with E-state index in [4.69, 9.17) is 0 Å². The van der Waals surface area contributed by atoms with Crippen molar-refractivity contribution in [2.24, 2.45) is 0 Å². The monoisotopic (exact) mass is 263 g/mol. The number of carbonyl (C=O) groups excluding carboxylic acids is 1. The molecule has 1 heterocycles. The summed E-state index contributed by atoms with van der Waals surface area (Å²) in [5.41, 5.74) is 5.64. The highest BCUT2D eigenvalue weighted by Crippen LogP contribution is 2.26. The van der Waals surface area contributed by atoms with Gasteiger partial charge >= 0.3 is 0 Å². The van der Waals surface area contributed by atoms with Crippen molar-refractivity contribution < 1.29 is 4.79 Å². The summed E-state index contributed by atoms with van der Waals surface area (Å²) in [4.78, 5) is 16.2. The van der Waals surface area contributed by atoms with E-state index in [1.807, 2.05) is 63.2 Å². The smallest absolute Gasteiger partial charge is 0.195 e. The van der Waals surface area contributed by atoms with E-state index in [-0.39, 0.29) is 5.78 Å². The van der Waals surface area contributed by atoms with Gasteiger partial charge in [0.15, 0.2) is 5.78 Å². The minimum absolute atomic E-state index is 0.0983. The number of aromatic nitrogens is 1. The van der Waals surface area contributed by atoms with E-state index < -0.39 is 0 Å². The summed E-state index contributed by atoms with van der Waals surface area (Å²) in [7, 11) is 0. The Balaban J connectivity index is 2.22. The van der Waals surface area contributed by atoms with Crippen molar-refractivity contribution in [1.82, 2.24) is 4.98 Å². The lowest BCUT2D eigenvalue weighted by atomic mass is 9.95. The Kier molecular flexibility index (Phi) is 2.94. The molecular weight excluding hydrogens is 246 g/mol. The number of hydrogen-bond acceptors (Lipinski definition) is 1. The lowest BCUT2D eigenvalue weighted by Crippen LogP contribution is -2.05. The van der Waals surface area contributed by atoms with Crippen molar-refractivity contribution in [2.75, 3.05) is 0 Å². The molecule has 0 unspecified atom stereocenters. The summed E-state index contributed by atoms with van der Waals surface area (Å²) in [5.74, 6) is 0.0983. The summed E-state index contributed by atoms with van der Waals surface area (Å²) in [6.45, 7) is 5.95. The number of nitrogens with one attached hydrogen (secondary N) is 1. The molecule has 0 atom stereocenters. The molecule has 100 valence electrons. The van der Waals surface area contributed by atoms with Gasteiger partial charge in [0.1, 0.15) is 0 Å². The molecule has 0 fully saturated rings. The van der Waals surface area contributed by atoms with Crippen LogP contribution in [-0.4, -0.2) is 10.8 Å². The predicted molar refractivity (Wildman–Crippen MR) is 82.4 cm³/mol. The van der Waals surface area contributed by atoms with E-state index >= 15 is 0 Å². The van der Waals surface area contributed by atoms with Crippen LogP contribution in [0.15, 0.2) is 42.5 Å². The fraction of sp³-hybridized carbons (Fsp3) is 0.167. The van der Waals surface area contributed by atoms with Crippen LogP contribution in [0.25, 0.3) is 10.9 Å². The molecule has 1 aromatic heterocycles. The van der Waals surface area contributed by atoms with Crippen LogP contribution in [0.1, 0.15) is 32.7 Å². The number of aryl methyl sites for hydroxylation is 3. The minimum atomic E-state index is 0.0983. The van der Waals surface area contributed by atoms with Gasteiger partial charge in [-0.3, -0.25) is 4.79 Å². The van der Waals surface area contributed by atoms with Gasteiger partial charge in [-0.05, 0) is 38.5 Å². The highest BCUT2D eigenvalue weighted by Gasteiger charge is 2.18. The molecule has 0 bridgehead atoms. The molecular formula is C18H17NO. The lowest BCUT2D eigenvalue weighted by molar-refractivity contribution is 0.103. The Labute approximate surface area is 118 Å². The summed E-state index contributed by atoms with van der Waals surface area (Å²) >= 11 is 0. The zero-order valence-electron chi connectivity index (χ0n) is 11.9. The highest BCUT2D eigenvalue weighted by atomic mass is 16.1. The lowest BCUT2D eigenvalue weighted by Gasteiger charge is -2.06. The van der Waals surface area contributed by atoms with Crippen molar-refractivity contribution in [2.45, 2.75) is 20.8 Å². The van der Waals surface area contributed by atoms with E-state index in [1.165, 1.54) is 0 Å². The van der Waals surface area contributed by atoms with Crippen LogP contribution in [0.3, 0.4) is 0 Å².